The van der Waals surface area contributed by atoms with Crippen molar-refractivity contribution in [2.75, 3.05) is 7.11 Å². The normalized spacial score (nSPS) is 12.4. The predicted octanol–water partition coefficient (Wildman–Crippen LogP) is 1.96. The summed E-state index contributed by atoms with van der Waals surface area (Å²) in [4.78, 5) is 4.32. The van der Waals surface area contributed by atoms with E-state index in [1.807, 2.05) is 35.0 Å². The number of methoxy groups -OCH3 is 1. The van der Waals surface area contributed by atoms with Gasteiger partial charge in [0, 0.05) is 24.5 Å². The van der Waals surface area contributed by atoms with Crippen molar-refractivity contribution >= 4 is 0 Å². The maximum absolute atomic E-state index is 6.25. The van der Waals surface area contributed by atoms with E-state index in [2.05, 4.69) is 11.9 Å². The van der Waals surface area contributed by atoms with E-state index in [4.69, 9.17) is 10.5 Å². The number of benzene rings is 1. The number of aryl methyl sites for hydroxylation is 1. The summed E-state index contributed by atoms with van der Waals surface area (Å²) in [6.07, 6.45) is 3.71. The molecule has 4 heteroatoms. The van der Waals surface area contributed by atoms with Crippen LogP contribution < -0.4 is 10.5 Å². The van der Waals surface area contributed by atoms with Gasteiger partial charge in [0.05, 0.1) is 13.2 Å². The molecule has 2 N–H and O–H groups in total. The quantitative estimate of drug-likeness (QED) is 0.875. The maximum atomic E-state index is 6.25. The van der Waals surface area contributed by atoms with Crippen molar-refractivity contribution in [1.82, 2.24) is 9.55 Å². The van der Waals surface area contributed by atoms with Gasteiger partial charge in [0.2, 0.25) is 0 Å². The minimum Gasteiger partial charge on any atom is -0.496 e. The molecule has 0 saturated heterocycles. The Morgan fingerprint density at radius 2 is 2.18 bits per heavy atom. The van der Waals surface area contributed by atoms with E-state index >= 15 is 0 Å². The predicted molar refractivity (Wildman–Crippen MR) is 66.9 cm³/mol. The van der Waals surface area contributed by atoms with Gasteiger partial charge < -0.3 is 15.0 Å². The summed E-state index contributed by atoms with van der Waals surface area (Å²) < 4.78 is 7.36. The summed E-state index contributed by atoms with van der Waals surface area (Å²) in [5.74, 6) is 1.66. The molecule has 1 aromatic carbocycles. The second-order valence-corrected chi connectivity index (χ2v) is 3.79. The molecule has 0 saturated carbocycles. The third kappa shape index (κ3) is 2.17. The zero-order chi connectivity index (χ0) is 12.3. The molecule has 1 unspecified atom stereocenters. The Bertz CT molecular complexity index is 493. The van der Waals surface area contributed by atoms with E-state index in [0.717, 1.165) is 23.7 Å². The number of nitrogens with zero attached hydrogens (tertiary/aromatic N) is 2. The third-order valence-corrected chi connectivity index (χ3v) is 2.84. The second-order valence-electron chi connectivity index (χ2n) is 3.79. The van der Waals surface area contributed by atoms with Gasteiger partial charge in [-0.05, 0) is 13.0 Å². The molecule has 17 heavy (non-hydrogen) atoms. The molecule has 2 aromatic rings. The third-order valence-electron chi connectivity index (χ3n) is 2.84. The fourth-order valence-corrected chi connectivity index (χ4v) is 1.93. The molecule has 0 aliphatic heterocycles. The van der Waals surface area contributed by atoms with E-state index in [0.29, 0.717) is 0 Å². The molecular formula is C13H17N3O. The number of para-hydroxylation sites is 1. The number of hydrogen-bond acceptors (Lipinski definition) is 3. The lowest BCUT2D eigenvalue weighted by Gasteiger charge is -2.16. The molecule has 0 bridgehead atoms. The van der Waals surface area contributed by atoms with Crippen LogP contribution in [0.1, 0.15) is 24.4 Å². The van der Waals surface area contributed by atoms with Gasteiger partial charge in [0.25, 0.3) is 0 Å². The molecule has 1 heterocycles. The van der Waals surface area contributed by atoms with Gasteiger partial charge in [-0.2, -0.15) is 0 Å². The fourth-order valence-electron chi connectivity index (χ4n) is 1.93. The van der Waals surface area contributed by atoms with E-state index in [9.17, 15) is 0 Å². The van der Waals surface area contributed by atoms with Crippen LogP contribution in [0, 0.1) is 0 Å². The van der Waals surface area contributed by atoms with Crippen LogP contribution in [0.25, 0.3) is 0 Å². The molecule has 0 spiro atoms. The number of ether oxygens (including phenoxy) is 1. The minimum atomic E-state index is -0.263. The first kappa shape index (κ1) is 11.7. The Morgan fingerprint density at radius 3 is 2.88 bits per heavy atom. The number of hydrogen-bond donors (Lipinski definition) is 1. The van der Waals surface area contributed by atoms with Crippen molar-refractivity contribution in [3.63, 3.8) is 0 Å². The molecule has 4 nitrogen and oxygen atoms in total. The highest BCUT2D eigenvalue weighted by Gasteiger charge is 2.17. The van der Waals surface area contributed by atoms with Crippen molar-refractivity contribution < 1.29 is 4.74 Å². The molecule has 1 aromatic heterocycles. The topological polar surface area (TPSA) is 53.1 Å². The van der Waals surface area contributed by atoms with E-state index in [-0.39, 0.29) is 6.04 Å². The van der Waals surface area contributed by atoms with Gasteiger partial charge in [-0.15, -0.1) is 0 Å². The minimum absolute atomic E-state index is 0.263. The Morgan fingerprint density at radius 1 is 1.41 bits per heavy atom. The Balaban J connectivity index is 2.40. The van der Waals surface area contributed by atoms with Gasteiger partial charge >= 0.3 is 0 Å². The molecular weight excluding hydrogens is 214 g/mol. The summed E-state index contributed by atoms with van der Waals surface area (Å²) in [5, 5.41) is 0. The van der Waals surface area contributed by atoms with Crippen LogP contribution in [0.15, 0.2) is 36.7 Å². The Labute approximate surface area is 101 Å². The zero-order valence-electron chi connectivity index (χ0n) is 10.1. The summed E-state index contributed by atoms with van der Waals surface area (Å²) in [6, 6.07) is 7.51. The lowest BCUT2D eigenvalue weighted by Crippen LogP contribution is -2.18. The van der Waals surface area contributed by atoms with Gasteiger partial charge in [-0.25, -0.2) is 4.98 Å². The lowest BCUT2D eigenvalue weighted by molar-refractivity contribution is 0.406. The summed E-state index contributed by atoms with van der Waals surface area (Å²) in [5.41, 5.74) is 7.20. The molecule has 0 aliphatic rings. The van der Waals surface area contributed by atoms with Gasteiger partial charge in [-0.3, -0.25) is 0 Å². The first-order valence-corrected chi connectivity index (χ1v) is 5.67. The average Bonchev–Trinajstić information content (AvgIpc) is 2.86. The first-order chi connectivity index (χ1) is 8.27. The van der Waals surface area contributed by atoms with Crippen LogP contribution in [-0.2, 0) is 6.54 Å². The van der Waals surface area contributed by atoms with Crippen LogP contribution in [0.3, 0.4) is 0 Å². The maximum Gasteiger partial charge on any atom is 0.130 e. The average molecular weight is 231 g/mol. The molecule has 0 fully saturated rings. The van der Waals surface area contributed by atoms with Crippen molar-refractivity contribution in [1.29, 1.82) is 0 Å². The molecule has 0 amide bonds. The second kappa shape index (κ2) is 5.01. The van der Waals surface area contributed by atoms with Gasteiger partial charge in [0.15, 0.2) is 0 Å². The van der Waals surface area contributed by atoms with Crippen molar-refractivity contribution in [3.8, 4) is 5.75 Å². The largest absolute Gasteiger partial charge is 0.496 e. The molecule has 0 aliphatic carbocycles. The van der Waals surface area contributed by atoms with Crippen LogP contribution in [0.5, 0.6) is 5.75 Å². The Hall–Kier alpha value is -1.81. The van der Waals surface area contributed by atoms with Crippen molar-refractivity contribution in [3.05, 3.63) is 48.0 Å². The van der Waals surface area contributed by atoms with E-state index in [1.165, 1.54) is 0 Å². The summed E-state index contributed by atoms with van der Waals surface area (Å²) >= 11 is 0. The standard InChI is InChI=1S/C13H17N3O/c1-3-16-9-8-15-13(16)12(14)10-6-4-5-7-11(10)17-2/h4-9,12H,3,14H2,1-2H3. The monoisotopic (exact) mass is 231 g/mol. The summed E-state index contributed by atoms with van der Waals surface area (Å²) in [7, 11) is 1.65. The highest BCUT2D eigenvalue weighted by atomic mass is 16.5. The van der Waals surface area contributed by atoms with Crippen LogP contribution >= 0.6 is 0 Å². The zero-order valence-corrected chi connectivity index (χ0v) is 10.1. The molecule has 90 valence electrons. The van der Waals surface area contributed by atoms with E-state index in [1.54, 1.807) is 13.3 Å². The SMILES string of the molecule is CCn1ccnc1C(N)c1ccccc1OC. The molecule has 0 radical (unpaired) electrons. The first-order valence-electron chi connectivity index (χ1n) is 5.67. The van der Waals surface area contributed by atoms with Crippen LogP contribution in [0.4, 0.5) is 0 Å². The lowest BCUT2D eigenvalue weighted by atomic mass is 10.1. The number of rotatable bonds is 4. The smallest absolute Gasteiger partial charge is 0.130 e. The van der Waals surface area contributed by atoms with Crippen molar-refractivity contribution in [2.24, 2.45) is 5.73 Å². The van der Waals surface area contributed by atoms with Crippen molar-refractivity contribution in [2.45, 2.75) is 19.5 Å². The number of imidazole rings is 1. The van der Waals surface area contributed by atoms with Gasteiger partial charge in [-0.1, -0.05) is 18.2 Å². The highest BCUT2D eigenvalue weighted by molar-refractivity contribution is 5.38. The molecule has 1 atom stereocenters. The summed E-state index contributed by atoms with van der Waals surface area (Å²) in [6.45, 7) is 2.93. The van der Waals surface area contributed by atoms with Gasteiger partial charge in [0.1, 0.15) is 11.6 Å². The Kier molecular flexibility index (Phi) is 3.44. The number of nitrogens with two attached hydrogens (primary N) is 1. The van der Waals surface area contributed by atoms with Crippen LogP contribution in [0.2, 0.25) is 0 Å². The number of aromatic nitrogens is 2. The van der Waals surface area contributed by atoms with E-state index < -0.39 is 0 Å². The van der Waals surface area contributed by atoms with Crippen LogP contribution in [-0.4, -0.2) is 16.7 Å². The highest BCUT2D eigenvalue weighted by Crippen LogP contribution is 2.26. The molecule has 2 rings (SSSR count). The fraction of sp³-hybridized carbons (Fsp3) is 0.308.